The van der Waals surface area contributed by atoms with Crippen LogP contribution in [-0.2, 0) is 4.79 Å². The lowest BCUT2D eigenvalue weighted by molar-refractivity contribution is -0.122. The van der Waals surface area contributed by atoms with Crippen molar-refractivity contribution >= 4 is 29.2 Å². The van der Waals surface area contributed by atoms with Crippen LogP contribution in [0.3, 0.4) is 0 Å². The fourth-order valence-electron chi connectivity index (χ4n) is 1.52. The number of nitrogens with zero attached hydrogens (tertiary/aromatic N) is 1. The molecular weight excluding hydrogens is 268 g/mol. The maximum absolute atomic E-state index is 11.7. The van der Waals surface area contributed by atoms with E-state index in [0.29, 0.717) is 5.82 Å². The Morgan fingerprint density at radius 2 is 2.05 bits per heavy atom. The summed E-state index contributed by atoms with van der Waals surface area (Å²) in [6.45, 7) is 3.80. The van der Waals surface area contributed by atoms with E-state index in [2.05, 4.69) is 15.6 Å². The minimum Gasteiger partial charge on any atom is -0.366 e. The maximum atomic E-state index is 11.7. The van der Waals surface area contributed by atoms with Gasteiger partial charge in [-0.1, -0.05) is 25.4 Å². The van der Waals surface area contributed by atoms with Crippen LogP contribution in [-0.4, -0.2) is 29.9 Å². The second-order valence-electron chi connectivity index (χ2n) is 4.40. The molecule has 6 nitrogen and oxygen atoms in total. The summed E-state index contributed by atoms with van der Waals surface area (Å²) in [5.41, 5.74) is 5.35. The minimum absolute atomic E-state index is 0.0497. The number of anilines is 1. The van der Waals surface area contributed by atoms with Crippen LogP contribution in [0.2, 0.25) is 5.02 Å². The number of hydrogen-bond acceptors (Lipinski definition) is 4. The van der Waals surface area contributed by atoms with E-state index in [0.717, 1.165) is 0 Å². The van der Waals surface area contributed by atoms with Crippen LogP contribution in [0.15, 0.2) is 12.3 Å². The van der Waals surface area contributed by atoms with Gasteiger partial charge in [-0.15, -0.1) is 0 Å². The summed E-state index contributed by atoms with van der Waals surface area (Å²) < 4.78 is 0. The zero-order chi connectivity index (χ0) is 14.6. The van der Waals surface area contributed by atoms with Crippen molar-refractivity contribution in [2.24, 2.45) is 11.7 Å². The number of carbonyl (C=O) groups excluding carboxylic acids is 2. The summed E-state index contributed by atoms with van der Waals surface area (Å²) in [5, 5.41) is 5.77. The summed E-state index contributed by atoms with van der Waals surface area (Å²) in [7, 11) is 1.56. The SMILES string of the molecule is CNC(=O)C(Nc1ncc(C(N)=O)cc1Cl)C(C)C. The Balaban J connectivity index is 2.97. The lowest BCUT2D eigenvalue weighted by atomic mass is 10.0. The molecule has 0 bridgehead atoms. The number of aromatic nitrogens is 1. The van der Waals surface area contributed by atoms with Gasteiger partial charge in [-0.3, -0.25) is 9.59 Å². The van der Waals surface area contributed by atoms with Crippen molar-refractivity contribution in [3.63, 3.8) is 0 Å². The van der Waals surface area contributed by atoms with Crippen molar-refractivity contribution in [1.82, 2.24) is 10.3 Å². The highest BCUT2D eigenvalue weighted by atomic mass is 35.5. The van der Waals surface area contributed by atoms with Crippen LogP contribution in [0.25, 0.3) is 0 Å². The highest BCUT2D eigenvalue weighted by Gasteiger charge is 2.22. The number of likely N-dealkylation sites (N-methyl/N-ethyl adjacent to an activating group) is 1. The van der Waals surface area contributed by atoms with Crippen molar-refractivity contribution in [1.29, 1.82) is 0 Å². The number of hydrogen-bond donors (Lipinski definition) is 3. The number of amides is 2. The van der Waals surface area contributed by atoms with Gasteiger partial charge in [-0.2, -0.15) is 0 Å². The van der Waals surface area contributed by atoms with Crippen LogP contribution in [0, 0.1) is 5.92 Å². The molecule has 1 unspecified atom stereocenters. The van der Waals surface area contributed by atoms with Gasteiger partial charge in [-0.25, -0.2) is 4.98 Å². The summed E-state index contributed by atoms with van der Waals surface area (Å²) >= 11 is 6.01. The Morgan fingerprint density at radius 1 is 1.42 bits per heavy atom. The molecule has 7 heteroatoms. The monoisotopic (exact) mass is 284 g/mol. The van der Waals surface area contributed by atoms with Crippen molar-refractivity contribution in [2.75, 3.05) is 12.4 Å². The standard InChI is InChI=1S/C12H17ClN4O2/c1-6(2)9(12(19)15-3)17-11-8(13)4-7(5-16-11)10(14)18/h4-6,9H,1-3H3,(H2,14,18)(H,15,19)(H,16,17). The predicted molar refractivity (Wildman–Crippen MR) is 74.1 cm³/mol. The third kappa shape index (κ3) is 3.82. The number of carbonyl (C=O) groups is 2. The molecule has 0 spiro atoms. The molecule has 1 rings (SSSR count). The second-order valence-corrected chi connectivity index (χ2v) is 4.81. The van der Waals surface area contributed by atoms with Gasteiger partial charge in [-0.05, 0) is 12.0 Å². The average Bonchev–Trinajstić information content (AvgIpc) is 2.35. The number of halogens is 1. The number of primary amides is 1. The fourth-order valence-corrected chi connectivity index (χ4v) is 1.74. The normalized spacial score (nSPS) is 12.1. The molecule has 0 saturated heterocycles. The molecule has 2 amide bonds. The number of pyridine rings is 1. The van der Waals surface area contributed by atoms with Gasteiger partial charge < -0.3 is 16.4 Å². The lowest BCUT2D eigenvalue weighted by Gasteiger charge is -2.21. The topological polar surface area (TPSA) is 97.1 Å². The average molecular weight is 285 g/mol. The highest BCUT2D eigenvalue weighted by molar-refractivity contribution is 6.33. The van der Waals surface area contributed by atoms with Gasteiger partial charge in [0.25, 0.3) is 0 Å². The van der Waals surface area contributed by atoms with Crippen LogP contribution >= 0.6 is 11.6 Å². The quantitative estimate of drug-likeness (QED) is 0.752. The number of nitrogens with one attached hydrogen (secondary N) is 2. The molecule has 0 aliphatic heterocycles. The Kier molecular flexibility index (Phi) is 5.11. The van der Waals surface area contributed by atoms with Crippen LogP contribution < -0.4 is 16.4 Å². The highest BCUT2D eigenvalue weighted by Crippen LogP contribution is 2.22. The van der Waals surface area contributed by atoms with Crippen molar-refractivity contribution in [3.8, 4) is 0 Å². The van der Waals surface area contributed by atoms with E-state index in [1.807, 2.05) is 13.8 Å². The van der Waals surface area contributed by atoms with Gasteiger partial charge >= 0.3 is 0 Å². The van der Waals surface area contributed by atoms with E-state index in [1.54, 1.807) is 7.05 Å². The molecule has 1 atom stereocenters. The molecule has 0 saturated carbocycles. The van der Waals surface area contributed by atoms with Crippen LogP contribution in [0.5, 0.6) is 0 Å². The van der Waals surface area contributed by atoms with Crippen molar-refractivity contribution < 1.29 is 9.59 Å². The maximum Gasteiger partial charge on any atom is 0.250 e. The van der Waals surface area contributed by atoms with Gasteiger partial charge in [0.2, 0.25) is 11.8 Å². The van der Waals surface area contributed by atoms with Gasteiger partial charge in [0.1, 0.15) is 11.9 Å². The van der Waals surface area contributed by atoms with E-state index in [1.165, 1.54) is 12.3 Å². The first-order chi connectivity index (χ1) is 8.86. The molecule has 104 valence electrons. The molecule has 4 N–H and O–H groups in total. The third-order valence-electron chi connectivity index (χ3n) is 2.61. The predicted octanol–water partition coefficient (Wildman–Crippen LogP) is 1.02. The Bertz CT molecular complexity index is 491. The lowest BCUT2D eigenvalue weighted by Crippen LogP contribution is -2.41. The van der Waals surface area contributed by atoms with Gasteiger partial charge in [0, 0.05) is 13.2 Å². The largest absolute Gasteiger partial charge is 0.366 e. The summed E-state index contributed by atoms with van der Waals surface area (Å²) in [5.74, 6) is -0.373. The van der Waals surface area contributed by atoms with Crippen molar-refractivity contribution in [3.05, 3.63) is 22.8 Å². The van der Waals surface area contributed by atoms with E-state index in [-0.39, 0.29) is 22.4 Å². The third-order valence-corrected chi connectivity index (χ3v) is 2.90. The number of nitrogens with two attached hydrogens (primary N) is 1. The molecule has 0 radical (unpaired) electrons. The zero-order valence-electron chi connectivity index (χ0n) is 11.0. The van der Waals surface area contributed by atoms with E-state index in [4.69, 9.17) is 17.3 Å². The number of rotatable bonds is 5. The summed E-state index contributed by atoms with van der Waals surface area (Å²) in [6, 6.07) is 0.954. The molecule has 0 aliphatic carbocycles. The second kappa shape index (κ2) is 6.38. The molecule has 1 aromatic rings. The van der Waals surface area contributed by atoms with Gasteiger partial charge in [0.15, 0.2) is 0 Å². The molecule has 1 heterocycles. The van der Waals surface area contributed by atoms with E-state index >= 15 is 0 Å². The summed E-state index contributed by atoms with van der Waals surface area (Å²) in [6.07, 6.45) is 1.32. The molecule has 0 aliphatic rings. The minimum atomic E-state index is -0.604. The Labute approximate surface area is 116 Å². The molecule has 19 heavy (non-hydrogen) atoms. The zero-order valence-corrected chi connectivity index (χ0v) is 11.8. The molecule has 0 aromatic carbocycles. The van der Waals surface area contributed by atoms with E-state index < -0.39 is 11.9 Å². The molecular formula is C12H17ClN4O2. The molecule has 0 fully saturated rings. The summed E-state index contributed by atoms with van der Waals surface area (Å²) in [4.78, 5) is 26.7. The Morgan fingerprint density at radius 3 is 2.47 bits per heavy atom. The smallest absolute Gasteiger partial charge is 0.250 e. The van der Waals surface area contributed by atoms with Gasteiger partial charge in [0.05, 0.1) is 10.6 Å². The first kappa shape index (κ1) is 15.2. The van der Waals surface area contributed by atoms with Crippen molar-refractivity contribution in [2.45, 2.75) is 19.9 Å². The Hall–Kier alpha value is -1.82. The van der Waals surface area contributed by atoms with E-state index in [9.17, 15) is 9.59 Å². The fraction of sp³-hybridized carbons (Fsp3) is 0.417. The van der Waals surface area contributed by atoms with Crippen LogP contribution in [0.1, 0.15) is 24.2 Å². The first-order valence-electron chi connectivity index (χ1n) is 5.80. The first-order valence-corrected chi connectivity index (χ1v) is 6.18. The molecule has 1 aromatic heterocycles. The van der Waals surface area contributed by atoms with Crippen LogP contribution in [0.4, 0.5) is 5.82 Å².